The van der Waals surface area contributed by atoms with Crippen molar-refractivity contribution >= 4 is 0 Å². The third-order valence-electron chi connectivity index (χ3n) is 1.64. The normalized spacial score (nSPS) is 9.55. The van der Waals surface area contributed by atoms with Crippen LogP contribution < -0.4 is 0 Å². The molecule has 1 aromatic rings. The Morgan fingerprint density at radius 1 is 1.27 bits per heavy atom. The first-order valence-electron chi connectivity index (χ1n) is 3.82. The van der Waals surface area contributed by atoms with Gasteiger partial charge in [-0.3, -0.25) is 0 Å². The molecule has 0 amide bonds. The summed E-state index contributed by atoms with van der Waals surface area (Å²) < 4.78 is 0. The van der Waals surface area contributed by atoms with Gasteiger partial charge in [-0.05, 0) is 25.3 Å². The number of allylic oxidation sites excluding steroid dienone is 1. The van der Waals surface area contributed by atoms with Crippen molar-refractivity contribution < 1.29 is 0 Å². The molecule has 0 spiro atoms. The Balaban J connectivity index is 2.58. The van der Waals surface area contributed by atoms with Crippen LogP contribution in [0, 0.1) is 13.3 Å². The van der Waals surface area contributed by atoms with Crippen LogP contribution in [0.2, 0.25) is 0 Å². The molecular weight excluding hydrogens is 132 g/mol. The summed E-state index contributed by atoms with van der Waals surface area (Å²) in [6.07, 6.45) is 4.88. The molecule has 11 heavy (non-hydrogen) atoms. The largest absolute Gasteiger partial charge is 0.103 e. The summed E-state index contributed by atoms with van der Waals surface area (Å²) >= 11 is 0. The summed E-state index contributed by atoms with van der Waals surface area (Å²) in [6.45, 7) is 5.74. The summed E-state index contributed by atoms with van der Waals surface area (Å²) in [6, 6.07) is 8.56. The van der Waals surface area contributed by atoms with Crippen molar-refractivity contribution in [3.8, 4) is 0 Å². The average molecular weight is 145 g/mol. The van der Waals surface area contributed by atoms with Gasteiger partial charge in [0.1, 0.15) is 0 Å². The molecule has 0 heteroatoms. The predicted octanol–water partition coefficient (Wildman–Crippen LogP) is 2.93. The molecule has 0 bridgehead atoms. The van der Waals surface area contributed by atoms with E-state index in [1.54, 1.807) is 0 Å². The molecule has 0 atom stereocenters. The Morgan fingerprint density at radius 3 is 2.45 bits per heavy atom. The lowest BCUT2D eigenvalue weighted by Gasteiger charge is -1.97. The predicted molar refractivity (Wildman–Crippen MR) is 49.4 cm³/mol. The molecule has 0 saturated heterocycles. The van der Waals surface area contributed by atoms with Crippen molar-refractivity contribution in [1.82, 2.24) is 0 Å². The summed E-state index contributed by atoms with van der Waals surface area (Å²) in [5.41, 5.74) is 2.66. The van der Waals surface area contributed by atoms with Crippen LogP contribution in [0.25, 0.3) is 0 Å². The van der Waals surface area contributed by atoms with Crippen molar-refractivity contribution in [1.29, 1.82) is 0 Å². The first-order chi connectivity index (χ1) is 5.33. The first-order valence-corrected chi connectivity index (χ1v) is 3.82. The van der Waals surface area contributed by atoms with Gasteiger partial charge in [0.15, 0.2) is 0 Å². The van der Waals surface area contributed by atoms with Gasteiger partial charge in [0.05, 0.1) is 0 Å². The lowest BCUT2D eigenvalue weighted by Crippen LogP contribution is -1.83. The minimum Gasteiger partial charge on any atom is -0.103 e. The average Bonchev–Trinajstić information content (AvgIpc) is 2.04. The van der Waals surface area contributed by atoms with Gasteiger partial charge in [0.2, 0.25) is 0 Å². The molecular formula is C11H13. The molecule has 0 saturated carbocycles. The molecule has 0 aliphatic heterocycles. The summed E-state index contributed by atoms with van der Waals surface area (Å²) in [4.78, 5) is 0. The molecule has 1 aromatic carbocycles. The van der Waals surface area contributed by atoms with Crippen molar-refractivity contribution in [2.75, 3.05) is 0 Å². The van der Waals surface area contributed by atoms with Crippen LogP contribution in [-0.2, 0) is 6.42 Å². The van der Waals surface area contributed by atoms with Gasteiger partial charge in [0.25, 0.3) is 0 Å². The van der Waals surface area contributed by atoms with Crippen molar-refractivity contribution in [3.63, 3.8) is 0 Å². The fourth-order valence-electron chi connectivity index (χ4n) is 0.944. The van der Waals surface area contributed by atoms with Gasteiger partial charge in [-0.1, -0.05) is 35.9 Å². The highest BCUT2D eigenvalue weighted by Gasteiger charge is 1.89. The van der Waals surface area contributed by atoms with Crippen LogP contribution in [0.4, 0.5) is 0 Å². The lowest BCUT2D eigenvalue weighted by molar-refractivity contribution is 1.19. The van der Waals surface area contributed by atoms with Crippen LogP contribution >= 0.6 is 0 Å². The van der Waals surface area contributed by atoms with E-state index in [2.05, 4.69) is 44.2 Å². The number of hydrogen-bond donors (Lipinski definition) is 0. The molecule has 0 heterocycles. The molecule has 0 unspecified atom stereocenters. The number of hydrogen-bond acceptors (Lipinski definition) is 0. The van der Waals surface area contributed by atoms with Crippen molar-refractivity contribution in [2.45, 2.75) is 13.3 Å². The Bertz CT molecular complexity index is 218. The highest BCUT2D eigenvalue weighted by Crippen LogP contribution is 2.04. The van der Waals surface area contributed by atoms with Crippen LogP contribution in [0.5, 0.6) is 0 Å². The maximum atomic E-state index is 3.64. The van der Waals surface area contributed by atoms with Crippen LogP contribution in [0.15, 0.2) is 36.9 Å². The fraction of sp³-hybridized carbons (Fsp3) is 0.182. The number of rotatable bonds is 3. The summed E-state index contributed by atoms with van der Waals surface area (Å²) in [7, 11) is 0. The Kier molecular flexibility index (Phi) is 2.91. The molecule has 0 fully saturated rings. The second kappa shape index (κ2) is 3.97. The zero-order valence-corrected chi connectivity index (χ0v) is 6.88. The molecule has 1 rings (SSSR count). The van der Waals surface area contributed by atoms with Gasteiger partial charge in [-0.25, -0.2) is 0 Å². The van der Waals surface area contributed by atoms with E-state index >= 15 is 0 Å². The Morgan fingerprint density at radius 2 is 1.91 bits per heavy atom. The maximum Gasteiger partial charge on any atom is -0.0130 e. The highest BCUT2D eigenvalue weighted by molar-refractivity contribution is 5.23. The first kappa shape index (κ1) is 8.06. The highest BCUT2D eigenvalue weighted by atomic mass is 13.9. The van der Waals surface area contributed by atoms with Gasteiger partial charge in [-0.2, -0.15) is 0 Å². The van der Waals surface area contributed by atoms with Gasteiger partial charge in [-0.15, -0.1) is 6.58 Å². The molecule has 1 radical (unpaired) electrons. The fourth-order valence-corrected chi connectivity index (χ4v) is 0.944. The van der Waals surface area contributed by atoms with E-state index in [9.17, 15) is 0 Å². The van der Waals surface area contributed by atoms with E-state index in [1.165, 1.54) is 11.1 Å². The quantitative estimate of drug-likeness (QED) is 0.613. The zero-order valence-electron chi connectivity index (χ0n) is 6.88. The molecule has 57 valence electrons. The molecule has 0 aliphatic carbocycles. The third-order valence-corrected chi connectivity index (χ3v) is 1.64. The summed E-state index contributed by atoms with van der Waals surface area (Å²) in [5.74, 6) is 0. The minimum atomic E-state index is 0.990. The standard InChI is InChI=1S/C11H13/c1-3-4-5-11-8-6-10(2)7-9-11/h3-4,6-9H,1,5H2,2H3. The molecule has 0 aliphatic rings. The van der Waals surface area contributed by atoms with Crippen LogP contribution in [0.1, 0.15) is 11.1 Å². The second-order valence-electron chi connectivity index (χ2n) is 2.66. The van der Waals surface area contributed by atoms with E-state index < -0.39 is 0 Å². The zero-order chi connectivity index (χ0) is 8.10. The van der Waals surface area contributed by atoms with Gasteiger partial charge >= 0.3 is 0 Å². The SMILES string of the molecule is C=C[CH]Cc1ccc(C)cc1. The smallest absolute Gasteiger partial charge is 0.0130 e. The van der Waals surface area contributed by atoms with Crippen LogP contribution in [0.3, 0.4) is 0 Å². The monoisotopic (exact) mass is 145 g/mol. The van der Waals surface area contributed by atoms with E-state index in [0.717, 1.165) is 6.42 Å². The molecule has 0 aromatic heterocycles. The topological polar surface area (TPSA) is 0 Å². The molecule has 0 N–H and O–H groups in total. The van der Waals surface area contributed by atoms with Crippen molar-refractivity contribution in [3.05, 3.63) is 54.5 Å². The van der Waals surface area contributed by atoms with Crippen LogP contribution in [-0.4, -0.2) is 0 Å². The third kappa shape index (κ3) is 2.58. The second-order valence-corrected chi connectivity index (χ2v) is 2.66. The number of benzene rings is 1. The number of aryl methyl sites for hydroxylation is 1. The minimum absolute atomic E-state index is 0.990. The van der Waals surface area contributed by atoms with Gasteiger partial charge < -0.3 is 0 Å². The van der Waals surface area contributed by atoms with E-state index in [1.807, 2.05) is 6.08 Å². The Labute approximate surface area is 68.6 Å². The van der Waals surface area contributed by atoms with Gasteiger partial charge in [0, 0.05) is 0 Å². The Hall–Kier alpha value is -1.04. The van der Waals surface area contributed by atoms with Crippen molar-refractivity contribution in [2.24, 2.45) is 0 Å². The van der Waals surface area contributed by atoms with E-state index in [0.29, 0.717) is 0 Å². The van der Waals surface area contributed by atoms with E-state index in [4.69, 9.17) is 0 Å². The lowest BCUT2D eigenvalue weighted by atomic mass is 10.1. The molecule has 0 nitrogen and oxygen atoms in total. The summed E-state index contributed by atoms with van der Waals surface area (Å²) in [5, 5.41) is 0. The van der Waals surface area contributed by atoms with E-state index in [-0.39, 0.29) is 0 Å². The maximum absolute atomic E-state index is 3.64.